The predicted molar refractivity (Wildman–Crippen MR) is 123 cm³/mol. The third-order valence-electron chi connectivity index (χ3n) is 5.75. The van der Waals surface area contributed by atoms with E-state index in [0.29, 0.717) is 16.5 Å². The highest BCUT2D eigenvalue weighted by molar-refractivity contribution is 7.92. The van der Waals surface area contributed by atoms with E-state index in [1.165, 1.54) is 5.56 Å². The lowest BCUT2D eigenvalue weighted by Crippen LogP contribution is -2.24. The molecule has 0 fully saturated rings. The molecule has 2 aromatic rings. The third-order valence-corrected chi connectivity index (χ3v) is 6.97. The van der Waals surface area contributed by atoms with Crippen LogP contribution in [0, 0.1) is 0 Å². The molecule has 1 N–H and O–H groups in total. The fourth-order valence-corrected chi connectivity index (χ4v) is 3.83. The molecule has 0 saturated carbocycles. The molecule has 0 aliphatic rings. The maximum absolute atomic E-state index is 12.5. The minimum atomic E-state index is -3.67. The van der Waals surface area contributed by atoms with Gasteiger partial charge in [-0.1, -0.05) is 65.3 Å². The summed E-state index contributed by atoms with van der Waals surface area (Å²) in [5.41, 5.74) is 2.61. The molecule has 4 nitrogen and oxygen atoms in total. The van der Waals surface area contributed by atoms with Crippen molar-refractivity contribution in [1.82, 2.24) is 0 Å². The SMILES string of the molecule is CCC(C)(C)c1ccc(OCS(=O)(=O)Nc2ccc(Cl)cc2)c(C(C)(C)CC)c1. The lowest BCUT2D eigenvalue weighted by molar-refractivity contribution is 0.358. The number of halogens is 1. The fourth-order valence-electron chi connectivity index (χ4n) is 2.87. The zero-order valence-corrected chi connectivity index (χ0v) is 19.7. The fraction of sp³-hybridized carbons (Fsp3) is 0.478. The number of hydrogen-bond donors (Lipinski definition) is 1. The molecule has 0 atom stereocenters. The Balaban J connectivity index is 2.28. The number of benzene rings is 2. The Labute approximate surface area is 180 Å². The summed E-state index contributed by atoms with van der Waals surface area (Å²) in [7, 11) is -3.67. The van der Waals surface area contributed by atoms with Crippen LogP contribution >= 0.6 is 11.6 Å². The lowest BCUT2D eigenvalue weighted by atomic mass is 9.76. The molecule has 0 amide bonds. The van der Waals surface area contributed by atoms with Crippen LogP contribution in [0.5, 0.6) is 5.75 Å². The van der Waals surface area contributed by atoms with Gasteiger partial charge in [0.2, 0.25) is 5.94 Å². The summed E-state index contributed by atoms with van der Waals surface area (Å²) >= 11 is 5.85. The van der Waals surface area contributed by atoms with Gasteiger partial charge in [-0.3, -0.25) is 4.72 Å². The minimum Gasteiger partial charge on any atom is -0.475 e. The molecule has 0 bridgehead atoms. The first-order chi connectivity index (χ1) is 13.4. The molecule has 0 aromatic heterocycles. The van der Waals surface area contributed by atoms with Crippen LogP contribution in [0.15, 0.2) is 42.5 Å². The van der Waals surface area contributed by atoms with E-state index in [0.717, 1.165) is 18.4 Å². The smallest absolute Gasteiger partial charge is 0.268 e. The van der Waals surface area contributed by atoms with E-state index >= 15 is 0 Å². The van der Waals surface area contributed by atoms with Gasteiger partial charge in [0.1, 0.15) is 5.75 Å². The van der Waals surface area contributed by atoms with E-state index in [4.69, 9.17) is 16.3 Å². The first-order valence-corrected chi connectivity index (χ1v) is 12.0. The van der Waals surface area contributed by atoms with Gasteiger partial charge in [-0.2, -0.15) is 0 Å². The summed E-state index contributed by atoms with van der Waals surface area (Å²) in [4.78, 5) is 0. The molecular formula is C23H32ClNO3S. The normalized spacial score (nSPS) is 12.7. The van der Waals surface area contributed by atoms with E-state index in [2.05, 4.69) is 52.3 Å². The zero-order valence-electron chi connectivity index (χ0n) is 18.2. The van der Waals surface area contributed by atoms with Gasteiger partial charge in [0, 0.05) is 16.3 Å². The van der Waals surface area contributed by atoms with Crippen LogP contribution in [-0.2, 0) is 20.9 Å². The maximum atomic E-state index is 12.5. The van der Waals surface area contributed by atoms with E-state index in [9.17, 15) is 8.42 Å². The van der Waals surface area contributed by atoms with E-state index in [1.807, 2.05) is 12.1 Å². The van der Waals surface area contributed by atoms with E-state index in [-0.39, 0.29) is 10.8 Å². The van der Waals surface area contributed by atoms with Gasteiger partial charge < -0.3 is 4.74 Å². The van der Waals surface area contributed by atoms with Crippen molar-refractivity contribution in [2.75, 3.05) is 10.7 Å². The van der Waals surface area contributed by atoms with Crippen LogP contribution < -0.4 is 9.46 Å². The first-order valence-electron chi connectivity index (χ1n) is 9.94. The number of rotatable bonds is 9. The molecular weight excluding hydrogens is 406 g/mol. The van der Waals surface area contributed by atoms with Crippen LogP contribution in [0.4, 0.5) is 5.69 Å². The van der Waals surface area contributed by atoms with Crippen molar-refractivity contribution in [3.8, 4) is 5.75 Å². The van der Waals surface area contributed by atoms with Gasteiger partial charge in [0.25, 0.3) is 10.0 Å². The van der Waals surface area contributed by atoms with Gasteiger partial charge in [-0.15, -0.1) is 0 Å². The number of sulfonamides is 1. The highest BCUT2D eigenvalue weighted by atomic mass is 35.5. The highest BCUT2D eigenvalue weighted by Gasteiger charge is 2.27. The summed E-state index contributed by atoms with van der Waals surface area (Å²) < 4.78 is 33.3. The van der Waals surface area contributed by atoms with Gasteiger partial charge in [-0.25, -0.2) is 8.42 Å². The Morgan fingerprint density at radius 1 is 0.931 bits per heavy atom. The third kappa shape index (κ3) is 6.13. The van der Waals surface area contributed by atoms with Crippen LogP contribution in [0.1, 0.15) is 65.5 Å². The van der Waals surface area contributed by atoms with Gasteiger partial charge >= 0.3 is 0 Å². The van der Waals surface area contributed by atoms with Crippen molar-refractivity contribution < 1.29 is 13.2 Å². The Hall–Kier alpha value is -1.72. The molecule has 0 saturated heterocycles. The molecule has 160 valence electrons. The first kappa shape index (κ1) is 23.6. The summed E-state index contributed by atoms with van der Waals surface area (Å²) in [6.07, 6.45) is 1.92. The van der Waals surface area contributed by atoms with Gasteiger partial charge in [0.15, 0.2) is 0 Å². The van der Waals surface area contributed by atoms with Crippen molar-refractivity contribution in [3.63, 3.8) is 0 Å². The second-order valence-corrected chi connectivity index (χ2v) is 10.8. The molecule has 2 rings (SSSR count). The Kier molecular flexibility index (Phi) is 7.28. The number of hydrogen-bond acceptors (Lipinski definition) is 3. The second kappa shape index (κ2) is 8.97. The standard InChI is InChI=1S/C23H32ClNO3S/c1-7-22(3,4)17-9-14-21(20(15-17)23(5,6)8-2)28-16-29(26,27)25-19-12-10-18(24)11-13-19/h9-15,25H,7-8,16H2,1-6H3. The molecule has 0 aliphatic heterocycles. The van der Waals surface area contributed by atoms with Crippen LogP contribution in [-0.4, -0.2) is 14.4 Å². The van der Waals surface area contributed by atoms with E-state index in [1.54, 1.807) is 24.3 Å². The molecule has 29 heavy (non-hydrogen) atoms. The summed E-state index contributed by atoms with van der Waals surface area (Å²) in [5.74, 6) is 0.146. The Morgan fingerprint density at radius 3 is 2.07 bits per heavy atom. The topological polar surface area (TPSA) is 55.4 Å². The summed E-state index contributed by atoms with van der Waals surface area (Å²) in [5, 5.41) is 0.547. The van der Waals surface area contributed by atoms with Gasteiger partial charge in [-0.05, 0) is 59.6 Å². The molecule has 0 aliphatic carbocycles. The molecule has 0 unspecified atom stereocenters. The van der Waals surface area contributed by atoms with Crippen molar-refractivity contribution in [2.24, 2.45) is 0 Å². The Morgan fingerprint density at radius 2 is 1.52 bits per heavy atom. The number of nitrogens with one attached hydrogen (secondary N) is 1. The second-order valence-electron chi connectivity index (χ2n) is 8.67. The average Bonchev–Trinajstić information content (AvgIpc) is 2.68. The monoisotopic (exact) mass is 437 g/mol. The molecule has 2 aromatic carbocycles. The largest absolute Gasteiger partial charge is 0.475 e. The van der Waals surface area contributed by atoms with Gasteiger partial charge in [0.05, 0.1) is 0 Å². The summed E-state index contributed by atoms with van der Waals surface area (Å²) in [6, 6.07) is 12.6. The Bertz CT molecular complexity index is 935. The van der Waals surface area contributed by atoms with Crippen molar-refractivity contribution >= 4 is 27.3 Å². The maximum Gasteiger partial charge on any atom is 0.268 e. The molecule has 0 heterocycles. The van der Waals surface area contributed by atoms with Crippen molar-refractivity contribution in [1.29, 1.82) is 0 Å². The molecule has 0 radical (unpaired) electrons. The van der Waals surface area contributed by atoms with Crippen LogP contribution in [0.25, 0.3) is 0 Å². The predicted octanol–water partition coefficient (Wildman–Crippen LogP) is 6.49. The summed E-state index contributed by atoms with van der Waals surface area (Å²) in [6.45, 7) is 13.0. The van der Waals surface area contributed by atoms with E-state index < -0.39 is 16.0 Å². The van der Waals surface area contributed by atoms with Crippen molar-refractivity contribution in [2.45, 2.75) is 65.2 Å². The number of ether oxygens (including phenoxy) is 1. The van der Waals surface area contributed by atoms with Crippen LogP contribution in [0.3, 0.4) is 0 Å². The van der Waals surface area contributed by atoms with Crippen molar-refractivity contribution in [3.05, 3.63) is 58.6 Å². The quantitative estimate of drug-likeness (QED) is 0.487. The molecule has 6 heteroatoms. The lowest BCUT2D eigenvalue weighted by Gasteiger charge is -2.30. The minimum absolute atomic E-state index is 0.0410. The average molecular weight is 438 g/mol. The van der Waals surface area contributed by atoms with Crippen LogP contribution in [0.2, 0.25) is 5.02 Å². The number of anilines is 1. The highest BCUT2D eigenvalue weighted by Crippen LogP contribution is 2.38. The molecule has 0 spiro atoms. The zero-order chi connectivity index (χ0) is 21.9.